The molecule has 0 unspecified atom stereocenters. The van der Waals surface area contributed by atoms with Crippen molar-refractivity contribution in [3.05, 3.63) is 41.4 Å². The van der Waals surface area contributed by atoms with Crippen LogP contribution in [0.2, 0.25) is 5.02 Å². The van der Waals surface area contributed by atoms with E-state index in [0.717, 1.165) is 35.8 Å². The highest BCUT2D eigenvalue weighted by Crippen LogP contribution is 2.23. The van der Waals surface area contributed by atoms with Crippen molar-refractivity contribution in [3.63, 3.8) is 0 Å². The van der Waals surface area contributed by atoms with E-state index in [1.165, 1.54) is 0 Å². The van der Waals surface area contributed by atoms with Gasteiger partial charge in [-0.05, 0) is 36.7 Å². The number of hydrogen-bond donors (Lipinski definition) is 1. The molecular weight excluding hydrogens is 222 g/mol. The molecule has 0 saturated carbocycles. The number of rotatable bonds is 7. The highest BCUT2D eigenvalue weighted by atomic mass is 35.5. The van der Waals surface area contributed by atoms with Gasteiger partial charge in [-0.2, -0.15) is 0 Å². The van der Waals surface area contributed by atoms with E-state index in [1.807, 2.05) is 24.3 Å². The van der Waals surface area contributed by atoms with E-state index in [0.29, 0.717) is 6.61 Å². The van der Waals surface area contributed by atoms with Gasteiger partial charge in [0.05, 0.1) is 0 Å². The predicted octanol–water partition coefficient (Wildman–Crippen LogP) is 3.06. The van der Waals surface area contributed by atoms with E-state index in [2.05, 4.69) is 18.8 Å². The molecule has 0 aromatic heterocycles. The van der Waals surface area contributed by atoms with E-state index < -0.39 is 0 Å². The molecule has 2 nitrogen and oxygen atoms in total. The topological polar surface area (TPSA) is 21.3 Å². The first kappa shape index (κ1) is 13.1. The summed E-state index contributed by atoms with van der Waals surface area (Å²) in [6.45, 7) is 8.28. The minimum Gasteiger partial charge on any atom is -0.492 e. The van der Waals surface area contributed by atoms with Crippen LogP contribution in [0, 0.1) is 0 Å². The van der Waals surface area contributed by atoms with Crippen LogP contribution < -0.4 is 10.1 Å². The Morgan fingerprint density at radius 3 is 3.00 bits per heavy atom. The van der Waals surface area contributed by atoms with Crippen LogP contribution in [-0.2, 0) is 6.42 Å². The van der Waals surface area contributed by atoms with Crippen molar-refractivity contribution in [2.75, 3.05) is 19.7 Å². The molecule has 0 heterocycles. The number of likely N-dealkylation sites (N-methyl/N-ethyl adjacent to an activating group) is 1. The molecule has 88 valence electrons. The van der Waals surface area contributed by atoms with E-state index >= 15 is 0 Å². The van der Waals surface area contributed by atoms with Gasteiger partial charge in [0.25, 0.3) is 0 Å². The molecule has 0 aliphatic rings. The Hall–Kier alpha value is -0.990. The summed E-state index contributed by atoms with van der Waals surface area (Å²) in [6.07, 6.45) is 2.62. The summed E-state index contributed by atoms with van der Waals surface area (Å²) in [5, 5.41) is 3.94. The number of benzene rings is 1. The molecule has 0 aliphatic carbocycles. The first-order valence-electron chi connectivity index (χ1n) is 5.50. The van der Waals surface area contributed by atoms with Crippen LogP contribution in [0.25, 0.3) is 0 Å². The third kappa shape index (κ3) is 4.25. The van der Waals surface area contributed by atoms with Gasteiger partial charge >= 0.3 is 0 Å². The second-order valence-corrected chi connectivity index (χ2v) is 3.88. The Balaban J connectivity index is 2.59. The molecule has 1 rings (SSSR count). The maximum Gasteiger partial charge on any atom is 0.122 e. The third-order valence-corrected chi connectivity index (χ3v) is 2.41. The number of nitrogens with one attached hydrogen (secondary N) is 1. The van der Waals surface area contributed by atoms with Crippen LogP contribution in [0.1, 0.15) is 12.5 Å². The monoisotopic (exact) mass is 239 g/mol. The zero-order valence-corrected chi connectivity index (χ0v) is 10.4. The summed E-state index contributed by atoms with van der Waals surface area (Å²) in [5.41, 5.74) is 1.08. The SMILES string of the molecule is C=CCc1cc(Cl)ccc1OCCNCC. The Labute approximate surface area is 102 Å². The van der Waals surface area contributed by atoms with E-state index in [4.69, 9.17) is 16.3 Å². The molecule has 0 atom stereocenters. The molecule has 1 N–H and O–H groups in total. The maximum absolute atomic E-state index is 5.93. The largest absolute Gasteiger partial charge is 0.492 e. The minimum atomic E-state index is 0.666. The summed E-state index contributed by atoms with van der Waals surface area (Å²) in [5.74, 6) is 0.891. The van der Waals surface area contributed by atoms with Crippen LogP contribution in [0.15, 0.2) is 30.9 Å². The Kier molecular flexibility index (Phi) is 5.98. The van der Waals surface area contributed by atoms with Crippen LogP contribution >= 0.6 is 11.6 Å². The summed E-state index contributed by atoms with van der Waals surface area (Å²) in [4.78, 5) is 0. The molecule has 0 aliphatic heterocycles. The Morgan fingerprint density at radius 1 is 1.50 bits per heavy atom. The van der Waals surface area contributed by atoms with Crippen LogP contribution in [0.3, 0.4) is 0 Å². The fraction of sp³-hybridized carbons (Fsp3) is 0.385. The predicted molar refractivity (Wildman–Crippen MR) is 69.4 cm³/mol. The Morgan fingerprint density at radius 2 is 2.31 bits per heavy atom. The van der Waals surface area contributed by atoms with Gasteiger partial charge in [0, 0.05) is 11.6 Å². The third-order valence-electron chi connectivity index (χ3n) is 2.17. The number of hydrogen-bond acceptors (Lipinski definition) is 2. The van der Waals surface area contributed by atoms with Gasteiger partial charge in [0.15, 0.2) is 0 Å². The maximum atomic E-state index is 5.93. The highest BCUT2D eigenvalue weighted by molar-refractivity contribution is 6.30. The molecule has 0 fully saturated rings. The molecule has 3 heteroatoms. The molecular formula is C13H18ClNO. The molecule has 0 radical (unpaired) electrons. The zero-order chi connectivity index (χ0) is 11.8. The van der Waals surface area contributed by atoms with Crippen molar-refractivity contribution in [1.29, 1.82) is 0 Å². The number of allylic oxidation sites excluding steroid dienone is 1. The van der Waals surface area contributed by atoms with Crippen molar-refractivity contribution < 1.29 is 4.74 Å². The van der Waals surface area contributed by atoms with E-state index in [9.17, 15) is 0 Å². The molecule has 0 spiro atoms. The van der Waals surface area contributed by atoms with Crippen molar-refractivity contribution in [2.45, 2.75) is 13.3 Å². The van der Waals surface area contributed by atoms with Crippen LogP contribution in [0.4, 0.5) is 0 Å². The summed E-state index contributed by atoms with van der Waals surface area (Å²) < 4.78 is 5.68. The number of halogens is 1. The summed E-state index contributed by atoms with van der Waals surface area (Å²) >= 11 is 5.93. The van der Waals surface area contributed by atoms with E-state index in [-0.39, 0.29) is 0 Å². The van der Waals surface area contributed by atoms with Crippen molar-refractivity contribution in [3.8, 4) is 5.75 Å². The molecule has 0 amide bonds. The van der Waals surface area contributed by atoms with Gasteiger partial charge in [0.1, 0.15) is 12.4 Å². The smallest absolute Gasteiger partial charge is 0.122 e. The first-order valence-corrected chi connectivity index (χ1v) is 5.88. The van der Waals surface area contributed by atoms with Gasteiger partial charge in [-0.25, -0.2) is 0 Å². The fourth-order valence-electron chi connectivity index (χ4n) is 1.41. The molecule has 0 bridgehead atoms. The van der Waals surface area contributed by atoms with Gasteiger partial charge in [0.2, 0.25) is 0 Å². The molecule has 0 saturated heterocycles. The minimum absolute atomic E-state index is 0.666. The quantitative estimate of drug-likeness (QED) is 0.583. The van der Waals surface area contributed by atoms with Gasteiger partial charge in [-0.1, -0.05) is 24.6 Å². The zero-order valence-electron chi connectivity index (χ0n) is 9.63. The molecule has 1 aromatic rings. The average Bonchev–Trinajstić information content (AvgIpc) is 2.27. The highest BCUT2D eigenvalue weighted by Gasteiger charge is 2.02. The second-order valence-electron chi connectivity index (χ2n) is 3.45. The molecule has 1 aromatic carbocycles. The van der Waals surface area contributed by atoms with E-state index in [1.54, 1.807) is 0 Å². The van der Waals surface area contributed by atoms with Crippen LogP contribution in [0.5, 0.6) is 5.75 Å². The lowest BCUT2D eigenvalue weighted by Crippen LogP contribution is -2.20. The van der Waals surface area contributed by atoms with Gasteiger partial charge in [-0.3, -0.25) is 0 Å². The van der Waals surface area contributed by atoms with Gasteiger partial charge in [-0.15, -0.1) is 6.58 Å². The van der Waals surface area contributed by atoms with Crippen molar-refractivity contribution >= 4 is 11.6 Å². The van der Waals surface area contributed by atoms with Crippen molar-refractivity contribution in [2.24, 2.45) is 0 Å². The fourth-order valence-corrected chi connectivity index (χ4v) is 1.61. The van der Waals surface area contributed by atoms with Crippen molar-refractivity contribution in [1.82, 2.24) is 5.32 Å². The lowest BCUT2D eigenvalue weighted by molar-refractivity contribution is 0.313. The molecule has 16 heavy (non-hydrogen) atoms. The summed E-state index contributed by atoms with van der Waals surface area (Å²) in [7, 11) is 0. The van der Waals surface area contributed by atoms with Gasteiger partial charge < -0.3 is 10.1 Å². The number of ether oxygens (including phenoxy) is 1. The second kappa shape index (κ2) is 7.31. The normalized spacial score (nSPS) is 10.1. The van der Waals surface area contributed by atoms with Crippen LogP contribution in [-0.4, -0.2) is 19.7 Å². The first-order chi connectivity index (χ1) is 7.77. The summed E-state index contributed by atoms with van der Waals surface area (Å²) in [6, 6.07) is 5.68. The average molecular weight is 240 g/mol. The lowest BCUT2D eigenvalue weighted by atomic mass is 10.1. The lowest BCUT2D eigenvalue weighted by Gasteiger charge is -2.11. The standard InChI is InChI=1S/C13H18ClNO/c1-3-5-11-10-12(14)6-7-13(11)16-9-8-15-4-2/h3,6-7,10,15H,1,4-5,8-9H2,2H3. The Bertz CT molecular complexity index is 339.